The van der Waals surface area contributed by atoms with Gasteiger partial charge in [-0.2, -0.15) is 0 Å². The number of nitrogens with one attached hydrogen (secondary N) is 5. The van der Waals surface area contributed by atoms with Crippen molar-refractivity contribution in [2.45, 2.75) is 89.1 Å². The van der Waals surface area contributed by atoms with Gasteiger partial charge in [0.25, 0.3) is 0 Å². The first-order valence-corrected chi connectivity index (χ1v) is 12.4. The van der Waals surface area contributed by atoms with Gasteiger partial charge in [-0.1, -0.05) is 20.3 Å². The predicted octanol–water partition coefficient (Wildman–Crippen LogP) is 1.18. The van der Waals surface area contributed by atoms with Crippen molar-refractivity contribution in [3.05, 3.63) is 0 Å². The van der Waals surface area contributed by atoms with Crippen LogP contribution < -0.4 is 26.6 Å². The van der Waals surface area contributed by atoms with Crippen LogP contribution in [0.25, 0.3) is 0 Å². The fourth-order valence-electron chi connectivity index (χ4n) is 6.89. The average Bonchev–Trinajstić information content (AvgIpc) is 3.22. The van der Waals surface area contributed by atoms with Crippen molar-refractivity contribution in [1.82, 2.24) is 26.6 Å². The first-order chi connectivity index (χ1) is 14.1. The standard InChI is InChI=1S/C23H41N5O/c1-13-4-3-5-16-11-18(27-19(13)16)23(29)28-21(15-6-7-15)20-14(2)10-17(12-26-20)22-24-8-9-25-22/h13-22,24-27H,3-12H2,1-2H3,(H,28,29). The van der Waals surface area contributed by atoms with Gasteiger partial charge in [-0.25, -0.2) is 0 Å². The molecule has 0 aromatic rings. The molecule has 0 aromatic carbocycles. The van der Waals surface area contributed by atoms with Crippen LogP contribution in [0.1, 0.15) is 58.8 Å². The van der Waals surface area contributed by atoms with E-state index < -0.39 is 0 Å². The Labute approximate surface area is 176 Å². The van der Waals surface area contributed by atoms with E-state index >= 15 is 0 Å². The van der Waals surface area contributed by atoms with Crippen molar-refractivity contribution in [2.24, 2.45) is 29.6 Å². The summed E-state index contributed by atoms with van der Waals surface area (Å²) in [5.41, 5.74) is 0. The molecule has 1 amide bonds. The van der Waals surface area contributed by atoms with E-state index in [0.717, 1.165) is 26.1 Å². The summed E-state index contributed by atoms with van der Waals surface area (Å²) in [4.78, 5) is 13.2. The summed E-state index contributed by atoms with van der Waals surface area (Å²) >= 11 is 0. The van der Waals surface area contributed by atoms with Crippen LogP contribution in [0.2, 0.25) is 0 Å². The summed E-state index contributed by atoms with van der Waals surface area (Å²) in [5, 5.41) is 18.3. The number of carbonyl (C=O) groups is 1. The monoisotopic (exact) mass is 403 g/mol. The maximum atomic E-state index is 13.2. The van der Waals surface area contributed by atoms with Crippen LogP contribution >= 0.6 is 0 Å². The summed E-state index contributed by atoms with van der Waals surface area (Å²) in [6.45, 7) is 7.94. The molecule has 0 spiro atoms. The lowest BCUT2D eigenvalue weighted by atomic mass is 9.78. The number of hydrogen-bond acceptors (Lipinski definition) is 5. The number of fused-ring (bicyclic) bond motifs is 1. The van der Waals surface area contributed by atoms with Crippen LogP contribution in [0.3, 0.4) is 0 Å². The molecule has 164 valence electrons. The van der Waals surface area contributed by atoms with E-state index in [-0.39, 0.29) is 11.9 Å². The van der Waals surface area contributed by atoms with Crippen LogP contribution in [-0.4, -0.2) is 55.9 Å². The van der Waals surface area contributed by atoms with Gasteiger partial charge in [-0.05, 0) is 62.2 Å². The van der Waals surface area contributed by atoms with Crippen molar-refractivity contribution in [3.63, 3.8) is 0 Å². The Morgan fingerprint density at radius 1 is 0.931 bits per heavy atom. The highest BCUT2D eigenvalue weighted by Crippen LogP contribution is 2.39. The van der Waals surface area contributed by atoms with E-state index in [1.165, 1.54) is 38.5 Å². The number of piperidine rings is 1. The van der Waals surface area contributed by atoms with Crippen molar-refractivity contribution >= 4 is 5.91 Å². The number of rotatable bonds is 5. The quantitative estimate of drug-likeness (QED) is 0.477. The van der Waals surface area contributed by atoms with Gasteiger partial charge in [0.2, 0.25) is 5.91 Å². The fourth-order valence-corrected chi connectivity index (χ4v) is 6.89. The normalized spacial score (nSPS) is 44.4. The minimum atomic E-state index is 0.0188. The van der Waals surface area contributed by atoms with E-state index in [1.807, 2.05) is 0 Å². The molecule has 8 unspecified atom stereocenters. The molecule has 0 bridgehead atoms. The van der Waals surface area contributed by atoms with Crippen LogP contribution in [0.4, 0.5) is 0 Å². The van der Waals surface area contributed by atoms with Crippen molar-refractivity contribution in [1.29, 1.82) is 0 Å². The Hall–Kier alpha value is -0.690. The molecule has 5 rings (SSSR count). The van der Waals surface area contributed by atoms with Crippen molar-refractivity contribution in [2.75, 3.05) is 19.6 Å². The molecular weight excluding hydrogens is 362 g/mol. The van der Waals surface area contributed by atoms with Crippen molar-refractivity contribution < 1.29 is 4.79 Å². The molecular formula is C23H41N5O. The van der Waals surface area contributed by atoms with Gasteiger partial charge in [-0.3, -0.25) is 4.79 Å². The highest BCUT2D eigenvalue weighted by Gasteiger charge is 2.46. The SMILES string of the molecule is CC1CCCC2CC(C(=O)NC(C3CC3)C3NCC(C4NCCN4)CC3C)NC12. The van der Waals surface area contributed by atoms with E-state index in [4.69, 9.17) is 0 Å². The predicted molar refractivity (Wildman–Crippen MR) is 115 cm³/mol. The van der Waals surface area contributed by atoms with E-state index in [2.05, 4.69) is 40.4 Å². The molecule has 2 saturated carbocycles. The molecule has 0 radical (unpaired) electrons. The zero-order valence-corrected chi connectivity index (χ0v) is 18.3. The van der Waals surface area contributed by atoms with Gasteiger partial charge in [0.15, 0.2) is 0 Å². The maximum absolute atomic E-state index is 13.2. The van der Waals surface area contributed by atoms with Gasteiger partial charge in [0, 0.05) is 43.7 Å². The lowest BCUT2D eigenvalue weighted by Crippen LogP contribution is -2.61. The molecule has 3 saturated heterocycles. The zero-order valence-electron chi connectivity index (χ0n) is 18.3. The second-order valence-electron chi connectivity index (χ2n) is 10.8. The Morgan fingerprint density at radius 3 is 2.41 bits per heavy atom. The highest BCUT2D eigenvalue weighted by atomic mass is 16.2. The minimum Gasteiger partial charge on any atom is -0.350 e. The number of carbonyl (C=O) groups excluding carboxylic acids is 1. The van der Waals surface area contributed by atoms with Crippen LogP contribution in [0.15, 0.2) is 0 Å². The van der Waals surface area contributed by atoms with Crippen LogP contribution in [0.5, 0.6) is 0 Å². The molecule has 5 N–H and O–H groups in total. The molecule has 5 fully saturated rings. The largest absolute Gasteiger partial charge is 0.350 e. The van der Waals surface area contributed by atoms with Crippen LogP contribution in [-0.2, 0) is 4.79 Å². The summed E-state index contributed by atoms with van der Waals surface area (Å²) in [7, 11) is 0. The smallest absolute Gasteiger partial charge is 0.237 e. The third kappa shape index (κ3) is 4.23. The lowest BCUT2D eigenvalue weighted by molar-refractivity contribution is -0.124. The first kappa shape index (κ1) is 20.2. The number of hydrogen-bond donors (Lipinski definition) is 5. The van der Waals surface area contributed by atoms with Gasteiger partial charge in [-0.15, -0.1) is 0 Å². The van der Waals surface area contributed by atoms with Gasteiger partial charge in [0.1, 0.15) is 0 Å². The summed E-state index contributed by atoms with van der Waals surface area (Å²) in [6.07, 6.45) is 9.19. The Bertz CT molecular complexity index is 590. The molecule has 2 aliphatic carbocycles. The van der Waals surface area contributed by atoms with Crippen molar-refractivity contribution in [3.8, 4) is 0 Å². The third-order valence-corrected chi connectivity index (χ3v) is 8.66. The van der Waals surface area contributed by atoms with E-state index in [9.17, 15) is 4.79 Å². The second kappa shape index (κ2) is 8.45. The van der Waals surface area contributed by atoms with Gasteiger partial charge in [0.05, 0.1) is 12.2 Å². The third-order valence-electron chi connectivity index (χ3n) is 8.66. The molecule has 5 aliphatic rings. The molecule has 6 heteroatoms. The average molecular weight is 404 g/mol. The second-order valence-corrected chi connectivity index (χ2v) is 10.8. The Kier molecular flexibility index (Phi) is 5.89. The molecule has 6 nitrogen and oxygen atoms in total. The summed E-state index contributed by atoms with van der Waals surface area (Å²) in [5.74, 6) is 3.57. The molecule has 29 heavy (non-hydrogen) atoms. The molecule has 8 atom stereocenters. The number of amides is 1. The minimum absolute atomic E-state index is 0.0188. The van der Waals surface area contributed by atoms with Crippen LogP contribution in [0, 0.1) is 29.6 Å². The summed E-state index contributed by atoms with van der Waals surface area (Å²) in [6, 6.07) is 1.28. The van der Waals surface area contributed by atoms with E-state index in [1.54, 1.807) is 0 Å². The highest BCUT2D eigenvalue weighted by molar-refractivity contribution is 5.82. The molecule has 3 heterocycles. The summed E-state index contributed by atoms with van der Waals surface area (Å²) < 4.78 is 0. The Morgan fingerprint density at radius 2 is 1.72 bits per heavy atom. The lowest BCUT2D eigenvalue weighted by Gasteiger charge is -2.42. The molecule has 0 aromatic heterocycles. The first-order valence-electron chi connectivity index (χ1n) is 12.4. The topological polar surface area (TPSA) is 77.2 Å². The Balaban J connectivity index is 1.19. The van der Waals surface area contributed by atoms with Gasteiger partial charge < -0.3 is 26.6 Å². The fraction of sp³-hybridized carbons (Fsp3) is 0.957. The molecule has 3 aliphatic heterocycles. The zero-order chi connectivity index (χ0) is 20.0. The van der Waals surface area contributed by atoms with E-state index in [0.29, 0.717) is 53.9 Å². The maximum Gasteiger partial charge on any atom is 0.237 e. The van der Waals surface area contributed by atoms with Gasteiger partial charge >= 0.3 is 0 Å².